The Balaban J connectivity index is 1.33. The maximum atomic E-state index is 12.9. The van der Waals surface area contributed by atoms with Crippen LogP contribution < -0.4 is 4.90 Å². The van der Waals surface area contributed by atoms with Crippen molar-refractivity contribution in [2.24, 2.45) is 5.92 Å². The van der Waals surface area contributed by atoms with Crippen LogP contribution in [0, 0.1) is 5.92 Å². The Bertz CT molecular complexity index is 983. The molecule has 0 saturated carbocycles. The van der Waals surface area contributed by atoms with Crippen LogP contribution in [0.5, 0.6) is 0 Å². The van der Waals surface area contributed by atoms with E-state index in [1.165, 1.54) is 12.8 Å². The number of benzene rings is 1. The lowest BCUT2D eigenvalue weighted by atomic mass is 9.95. The molecule has 0 aliphatic carbocycles. The third kappa shape index (κ3) is 3.11. The van der Waals surface area contributed by atoms with E-state index in [2.05, 4.69) is 19.8 Å². The number of nitrogens with zero attached hydrogens (tertiary/aromatic N) is 4. The van der Waals surface area contributed by atoms with Crippen LogP contribution in [0.2, 0.25) is 0 Å². The number of furan rings is 1. The first kappa shape index (κ1) is 17.5. The van der Waals surface area contributed by atoms with Crippen LogP contribution in [0.3, 0.4) is 0 Å². The van der Waals surface area contributed by atoms with Crippen LogP contribution in [0.15, 0.2) is 35.0 Å². The lowest BCUT2D eigenvalue weighted by molar-refractivity contribution is -0.136. The molecule has 2 aliphatic rings. The summed E-state index contributed by atoms with van der Waals surface area (Å²) in [6, 6.07) is 7.97. The summed E-state index contributed by atoms with van der Waals surface area (Å²) < 4.78 is 6.08. The number of fused-ring (bicyclic) bond motifs is 3. The van der Waals surface area contributed by atoms with E-state index >= 15 is 0 Å². The Morgan fingerprint density at radius 3 is 2.50 bits per heavy atom. The molecule has 2 aromatic heterocycles. The van der Waals surface area contributed by atoms with Crippen molar-refractivity contribution in [2.45, 2.75) is 38.5 Å². The summed E-state index contributed by atoms with van der Waals surface area (Å²) in [5.41, 5.74) is 2.45. The van der Waals surface area contributed by atoms with E-state index in [9.17, 15) is 4.79 Å². The summed E-state index contributed by atoms with van der Waals surface area (Å²) in [6.07, 6.45) is 8.17. The van der Waals surface area contributed by atoms with Gasteiger partial charge in [-0.25, -0.2) is 9.97 Å². The van der Waals surface area contributed by atoms with Gasteiger partial charge >= 0.3 is 0 Å². The SMILES string of the molecule is O=C(C1CCN(c2ncnc3c2oc2ccccc23)CC1)N1CCCCCC1. The molecule has 4 heterocycles. The van der Waals surface area contributed by atoms with Gasteiger partial charge in [0.25, 0.3) is 0 Å². The number of anilines is 1. The van der Waals surface area contributed by atoms with E-state index in [0.29, 0.717) is 5.91 Å². The molecule has 0 atom stereocenters. The van der Waals surface area contributed by atoms with Gasteiger partial charge in [-0.05, 0) is 37.8 Å². The van der Waals surface area contributed by atoms with Gasteiger partial charge in [0.05, 0.1) is 0 Å². The minimum atomic E-state index is 0.141. The van der Waals surface area contributed by atoms with Crippen LogP contribution in [-0.2, 0) is 4.79 Å². The van der Waals surface area contributed by atoms with Gasteiger partial charge in [0, 0.05) is 37.5 Å². The fourth-order valence-electron chi connectivity index (χ4n) is 4.62. The van der Waals surface area contributed by atoms with Gasteiger partial charge in [-0.15, -0.1) is 0 Å². The molecule has 0 bridgehead atoms. The number of hydrogen-bond donors (Lipinski definition) is 0. The predicted molar refractivity (Wildman–Crippen MR) is 109 cm³/mol. The quantitative estimate of drug-likeness (QED) is 0.675. The van der Waals surface area contributed by atoms with Crippen molar-refractivity contribution in [1.82, 2.24) is 14.9 Å². The van der Waals surface area contributed by atoms with Crippen LogP contribution >= 0.6 is 0 Å². The third-order valence-corrected chi connectivity index (χ3v) is 6.20. The molecule has 2 saturated heterocycles. The van der Waals surface area contributed by atoms with Gasteiger partial charge in [0.15, 0.2) is 11.4 Å². The lowest BCUT2D eigenvalue weighted by Gasteiger charge is -2.34. The lowest BCUT2D eigenvalue weighted by Crippen LogP contribution is -2.43. The summed E-state index contributed by atoms with van der Waals surface area (Å²) in [4.78, 5) is 26.3. The van der Waals surface area contributed by atoms with Crippen LogP contribution in [0.4, 0.5) is 5.82 Å². The third-order valence-electron chi connectivity index (χ3n) is 6.20. The second-order valence-corrected chi connectivity index (χ2v) is 7.97. The normalized spacial score (nSPS) is 19.3. The predicted octanol–water partition coefficient (Wildman–Crippen LogP) is 4.00. The smallest absolute Gasteiger partial charge is 0.225 e. The van der Waals surface area contributed by atoms with Crippen molar-refractivity contribution >= 4 is 33.8 Å². The average molecular weight is 378 g/mol. The number of carbonyl (C=O) groups excluding carboxylic acids is 1. The molecule has 146 valence electrons. The number of aromatic nitrogens is 2. The van der Waals surface area contributed by atoms with Gasteiger partial charge in [-0.1, -0.05) is 25.0 Å². The first-order chi connectivity index (χ1) is 13.8. The molecule has 0 N–H and O–H groups in total. The van der Waals surface area contributed by atoms with Crippen LogP contribution in [0.25, 0.3) is 22.1 Å². The Hall–Kier alpha value is -2.63. The topological polar surface area (TPSA) is 62.5 Å². The maximum Gasteiger partial charge on any atom is 0.225 e. The fourth-order valence-corrected chi connectivity index (χ4v) is 4.62. The Morgan fingerprint density at radius 2 is 1.71 bits per heavy atom. The standard InChI is InChI=1S/C22H26N4O2/c27-22(26-11-5-1-2-6-12-26)16-9-13-25(14-10-16)21-20-19(23-15-24-21)17-7-3-4-8-18(17)28-20/h3-4,7-8,15-16H,1-2,5-6,9-14H2. The zero-order valence-corrected chi connectivity index (χ0v) is 16.1. The molecule has 2 fully saturated rings. The Morgan fingerprint density at radius 1 is 0.964 bits per heavy atom. The Labute approximate surface area is 164 Å². The van der Waals surface area contributed by atoms with Crippen LogP contribution in [-0.4, -0.2) is 47.0 Å². The summed E-state index contributed by atoms with van der Waals surface area (Å²) in [5, 5.41) is 1.02. The van der Waals surface area contributed by atoms with E-state index in [-0.39, 0.29) is 5.92 Å². The molecule has 0 spiro atoms. The zero-order chi connectivity index (χ0) is 18.9. The monoisotopic (exact) mass is 378 g/mol. The molecule has 5 rings (SSSR count). The van der Waals surface area contributed by atoms with Crippen molar-refractivity contribution in [2.75, 3.05) is 31.1 Å². The average Bonchev–Trinajstić information content (AvgIpc) is 2.92. The van der Waals surface area contributed by atoms with Gasteiger partial charge in [-0.2, -0.15) is 0 Å². The van der Waals surface area contributed by atoms with Crippen molar-refractivity contribution < 1.29 is 9.21 Å². The Kier molecular flexibility index (Phi) is 4.63. The van der Waals surface area contributed by atoms with E-state index in [1.807, 2.05) is 24.3 Å². The maximum absolute atomic E-state index is 12.9. The largest absolute Gasteiger partial charge is 0.450 e. The van der Waals surface area contributed by atoms with E-state index < -0.39 is 0 Å². The van der Waals surface area contributed by atoms with E-state index in [0.717, 1.165) is 79.7 Å². The highest BCUT2D eigenvalue weighted by molar-refractivity contribution is 6.05. The number of piperidine rings is 1. The molecular formula is C22H26N4O2. The summed E-state index contributed by atoms with van der Waals surface area (Å²) in [6.45, 7) is 3.52. The molecule has 28 heavy (non-hydrogen) atoms. The van der Waals surface area contributed by atoms with Gasteiger partial charge in [0.2, 0.25) is 5.91 Å². The van der Waals surface area contributed by atoms with Gasteiger partial charge in [-0.3, -0.25) is 4.79 Å². The summed E-state index contributed by atoms with van der Waals surface area (Å²) in [5.74, 6) is 1.35. The molecule has 2 aliphatic heterocycles. The number of carbonyl (C=O) groups is 1. The number of likely N-dealkylation sites (tertiary alicyclic amines) is 1. The van der Waals surface area contributed by atoms with E-state index in [4.69, 9.17) is 4.42 Å². The first-order valence-corrected chi connectivity index (χ1v) is 10.5. The minimum absolute atomic E-state index is 0.141. The summed E-state index contributed by atoms with van der Waals surface area (Å²) >= 11 is 0. The number of amides is 1. The van der Waals surface area contributed by atoms with Gasteiger partial charge < -0.3 is 14.2 Å². The van der Waals surface area contributed by atoms with E-state index in [1.54, 1.807) is 6.33 Å². The van der Waals surface area contributed by atoms with Crippen LogP contribution in [0.1, 0.15) is 38.5 Å². The molecule has 0 radical (unpaired) electrons. The fraction of sp³-hybridized carbons (Fsp3) is 0.500. The molecule has 1 amide bonds. The number of hydrogen-bond acceptors (Lipinski definition) is 5. The number of para-hydroxylation sites is 1. The van der Waals surface area contributed by atoms with Crippen molar-refractivity contribution in [3.63, 3.8) is 0 Å². The molecular weight excluding hydrogens is 352 g/mol. The summed E-state index contributed by atoms with van der Waals surface area (Å²) in [7, 11) is 0. The highest BCUT2D eigenvalue weighted by Crippen LogP contribution is 2.34. The minimum Gasteiger partial charge on any atom is -0.450 e. The highest BCUT2D eigenvalue weighted by Gasteiger charge is 2.30. The first-order valence-electron chi connectivity index (χ1n) is 10.5. The molecule has 3 aromatic rings. The zero-order valence-electron chi connectivity index (χ0n) is 16.1. The highest BCUT2D eigenvalue weighted by atomic mass is 16.3. The van der Waals surface area contributed by atoms with Crippen molar-refractivity contribution in [3.8, 4) is 0 Å². The van der Waals surface area contributed by atoms with Crippen molar-refractivity contribution in [1.29, 1.82) is 0 Å². The number of rotatable bonds is 2. The molecule has 6 nitrogen and oxygen atoms in total. The molecule has 1 aromatic carbocycles. The second-order valence-electron chi connectivity index (χ2n) is 7.97. The van der Waals surface area contributed by atoms with Gasteiger partial charge in [0.1, 0.15) is 17.4 Å². The van der Waals surface area contributed by atoms with Crippen molar-refractivity contribution in [3.05, 3.63) is 30.6 Å². The second kappa shape index (κ2) is 7.41. The molecule has 6 heteroatoms. The molecule has 0 unspecified atom stereocenters.